The minimum absolute atomic E-state index is 0.120. The van der Waals surface area contributed by atoms with Crippen molar-refractivity contribution in [3.8, 4) is 0 Å². The summed E-state index contributed by atoms with van der Waals surface area (Å²) in [5.74, 6) is 0.644. The fraction of sp³-hybridized carbons (Fsp3) is 0.889. The molecule has 1 N–H and O–H groups in total. The Bertz CT molecular complexity index is 138. The van der Waals surface area contributed by atoms with E-state index in [0.29, 0.717) is 5.92 Å². The van der Waals surface area contributed by atoms with Crippen LogP contribution in [-0.4, -0.2) is 24.0 Å². The molecular formula is C9H19NOS. The maximum Gasteiger partial charge on any atom is 0.233 e. The number of rotatable bonds is 5. The van der Waals surface area contributed by atoms with Gasteiger partial charge in [0.05, 0.1) is 5.25 Å². The number of carbonyl (C=O) groups is 1. The Hall–Kier alpha value is -0.180. The van der Waals surface area contributed by atoms with E-state index in [-0.39, 0.29) is 11.2 Å². The predicted octanol–water partition coefficient (Wildman–Crippen LogP) is 1.90. The van der Waals surface area contributed by atoms with E-state index in [0.717, 1.165) is 13.0 Å². The third-order valence-corrected chi connectivity index (χ3v) is 3.21. The minimum atomic E-state index is 0.120. The number of carbonyl (C=O) groups excluding carboxylic acids is 1. The highest BCUT2D eigenvalue weighted by molar-refractivity contribution is 7.99. The second kappa shape index (κ2) is 6.35. The van der Waals surface area contributed by atoms with Crippen LogP contribution in [0, 0.1) is 5.92 Å². The van der Waals surface area contributed by atoms with E-state index < -0.39 is 0 Å². The standard InChI is InChI=1S/C9H19NOS/c1-5-7(3)8(12-4)9(11)10-6-2/h7-8H,5-6H2,1-4H3,(H,10,11). The monoisotopic (exact) mass is 189 g/mol. The number of hydrogen-bond donors (Lipinski definition) is 1. The molecule has 0 fully saturated rings. The molecular weight excluding hydrogens is 170 g/mol. The normalized spacial score (nSPS) is 15.3. The van der Waals surface area contributed by atoms with Gasteiger partial charge in [-0.3, -0.25) is 4.79 Å². The van der Waals surface area contributed by atoms with Gasteiger partial charge in [-0.2, -0.15) is 11.8 Å². The van der Waals surface area contributed by atoms with E-state index in [1.54, 1.807) is 11.8 Å². The molecule has 0 aliphatic heterocycles. The molecule has 0 saturated heterocycles. The van der Waals surface area contributed by atoms with Crippen molar-refractivity contribution >= 4 is 17.7 Å². The average Bonchev–Trinajstić information content (AvgIpc) is 2.06. The summed E-state index contributed by atoms with van der Waals surface area (Å²) in [5, 5.41) is 2.97. The molecule has 2 unspecified atom stereocenters. The Morgan fingerprint density at radius 3 is 2.42 bits per heavy atom. The molecule has 12 heavy (non-hydrogen) atoms. The van der Waals surface area contributed by atoms with Gasteiger partial charge in [-0.1, -0.05) is 20.3 Å². The van der Waals surface area contributed by atoms with E-state index in [1.165, 1.54) is 0 Å². The number of thioether (sulfide) groups is 1. The summed E-state index contributed by atoms with van der Waals surface area (Å²) in [7, 11) is 0. The van der Waals surface area contributed by atoms with E-state index >= 15 is 0 Å². The SMILES string of the molecule is CCNC(=O)C(SC)C(C)CC. The zero-order valence-electron chi connectivity index (χ0n) is 8.39. The van der Waals surface area contributed by atoms with Crippen molar-refractivity contribution in [3.05, 3.63) is 0 Å². The van der Waals surface area contributed by atoms with Crippen LogP contribution in [0.25, 0.3) is 0 Å². The van der Waals surface area contributed by atoms with Crippen molar-refractivity contribution in [2.24, 2.45) is 5.92 Å². The second-order valence-electron chi connectivity index (χ2n) is 2.94. The van der Waals surface area contributed by atoms with Crippen molar-refractivity contribution in [2.75, 3.05) is 12.8 Å². The second-order valence-corrected chi connectivity index (χ2v) is 3.92. The molecule has 0 heterocycles. The maximum absolute atomic E-state index is 11.4. The van der Waals surface area contributed by atoms with Gasteiger partial charge in [-0.25, -0.2) is 0 Å². The lowest BCUT2D eigenvalue weighted by Crippen LogP contribution is -2.36. The summed E-state index contributed by atoms with van der Waals surface area (Å²) in [6.07, 6.45) is 3.05. The quantitative estimate of drug-likeness (QED) is 0.715. The van der Waals surface area contributed by atoms with Crippen LogP contribution in [0.1, 0.15) is 27.2 Å². The fourth-order valence-corrected chi connectivity index (χ4v) is 2.04. The van der Waals surface area contributed by atoms with Crippen molar-refractivity contribution in [2.45, 2.75) is 32.4 Å². The van der Waals surface area contributed by atoms with Crippen LogP contribution in [0.4, 0.5) is 0 Å². The molecule has 3 heteroatoms. The molecule has 2 nitrogen and oxygen atoms in total. The first kappa shape index (κ1) is 11.8. The van der Waals surface area contributed by atoms with Crippen molar-refractivity contribution in [1.29, 1.82) is 0 Å². The van der Waals surface area contributed by atoms with Gasteiger partial charge in [-0.05, 0) is 19.1 Å². The first-order valence-electron chi connectivity index (χ1n) is 4.47. The Morgan fingerprint density at radius 2 is 2.08 bits per heavy atom. The topological polar surface area (TPSA) is 29.1 Å². The van der Waals surface area contributed by atoms with Crippen LogP contribution < -0.4 is 5.32 Å². The molecule has 0 rings (SSSR count). The summed E-state index contributed by atoms with van der Waals surface area (Å²) in [6.45, 7) is 6.92. The van der Waals surface area contributed by atoms with E-state index in [2.05, 4.69) is 19.2 Å². The van der Waals surface area contributed by atoms with Gasteiger partial charge in [0.25, 0.3) is 0 Å². The molecule has 72 valence electrons. The first-order chi connectivity index (χ1) is 5.67. The summed E-state index contributed by atoms with van der Waals surface area (Å²) in [5.41, 5.74) is 0. The highest BCUT2D eigenvalue weighted by atomic mass is 32.2. The Morgan fingerprint density at radius 1 is 1.50 bits per heavy atom. The van der Waals surface area contributed by atoms with Gasteiger partial charge in [0, 0.05) is 6.54 Å². The Balaban J connectivity index is 4.04. The molecule has 0 aromatic heterocycles. The van der Waals surface area contributed by atoms with Crippen molar-refractivity contribution in [3.63, 3.8) is 0 Å². The molecule has 2 atom stereocenters. The molecule has 0 bridgehead atoms. The highest BCUT2D eigenvalue weighted by Crippen LogP contribution is 2.19. The van der Waals surface area contributed by atoms with Crippen LogP contribution in [0.2, 0.25) is 0 Å². The van der Waals surface area contributed by atoms with Crippen LogP contribution in [0.15, 0.2) is 0 Å². The van der Waals surface area contributed by atoms with Gasteiger partial charge >= 0.3 is 0 Å². The lowest BCUT2D eigenvalue weighted by Gasteiger charge is -2.19. The average molecular weight is 189 g/mol. The molecule has 0 saturated carbocycles. The zero-order valence-corrected chi connectivity index (χ0v) is 9.20. The molecule has 0 spiro atoms. The number of nitrogens with one attached hydrogen (secondary N) is 1. The lowest BCUT2D eigenvalue weighted by atomic mass is 10.0. The van der Waals surface area contributed by atoms with Gasteiger partial charge in [0.1, 0.15) is 0 Å². The number of hydrogen-bond acceptors (Lipinski definition) is 2. The smallest absolute Gasteiger partial charge is 0.233 e. The Kier molecular flexibility index (Phi) is 6.25. The maximum atomic E-state index is 11.4. The largest absolute Gasteiger partial charge is 0.355 e. The summed E-state index contributed by atoms with van der Waals surface area (Å²) in [4.78, 5) is 11.4. The summed E-state index contributed by atoms with van der Waals surface area (Å²) < 4.78 is 0. The van der Waals surface area contributed by atoms with Gasteiger partial charge < -0.3 is 5.32 Å². The molecule has 0 aromatic rings. The van der Waals surface area contributed by atoms with Crippen LogP contribution in [-0.2, 0) is 4.79 Å². The molecule has 0 aromatic carbocycles. The third-order valence-electron chi connectivity index (χ3n) is 2.02. The predicted molar refractivity (Wildman–Crippen MR) is 55.4 cm³/mol. The zero-order chi connectivity index (χ0) is 9.56. The lowest BCUT2D eigenvalue weighted by molar-refractivity contribution is -0.121. The molecule has 1 amide bonds. The van der Waals surface area contributed by atoms with Gasteiger partial charge in [-0.15, -0.1) is 0 Å². The van der Waals surface area contributed by atoms with E-state index in [1.807, 2.05) is 13.2 Å². The van der Waals surface area contributed by atoms with Crippen molar-refractivity contribution in [1.82, 2.24) is 5.32 Å². The molecule has 0 aliphatic carbocycles. The highest BCUT2D eigenvalue weighted by Gasteiger charge is 2.21. The first-order valence-corrected chi connectivity index (χ1v) is 5.76. The van der Waals surface area contributed by atoms with Crippen LogP contribution in [0.5, 0.6) is 0 Å². The summed E-state index contributed by atoms with van der Waals surface area (Å²) >= 11 is 1.64. The summed E-state index contributed by atoms with van der Waals surface area (Å²) in [6, 6.07) is 0. The van der Waals surface area contributed by atoms with Gasteiger partial charge in [0.15, 0.2) is 0 Å². The number of amides is 1. The molecule has 0 radical (unpaired) electrons. The van der Waals surface area contributed by atoms with Gasteiger partial charge in [0.2, 0.25) is 5.91 Å². The molecule has 0 aliphatic rings. The van der Waals surface area contributed by atoms with E-state index in [9.17, 15) is 4.79 Å². The van der Waals surface area contributed by atoms with Crippen LogP contribution >= 0.6 is 11.8 Å². The van der Waals surface area contributed by atoms with Crippen LogP contribution in [0.3, 0.4) is 0 Å². The van der Waals surface area contributed by atoms with E-state index in [4.69, 9.17) is 0 Å². The minimum Gasteiger partial charge on any atom is -0.355 e. The third kappa shape index (κ3) is 3.48. The Labute approximate surface area is 79.5 Å². The van der Waals surface area contributed by atoms with Crippen molar-refractivity contribution < 1.29 is 4.79 Å². The fourth-order valence-electron chi connectivity index (χ4n) is 1.09.